The number of amides is 2. The Hall–Kier alpha value is -1.40. The monoisotopic (exact) mass is 326 g/mol. The molecule has 1 aromatic heterocycles. The van der Waals surface area contributed by atoms with Gasteiger partial charge < -0.3 is 15.7 Å². The summed E-state index contributed by atoms with van der Waals surface area (Å²) in [6.45, 7) is 7.88. The number of aliphatic hydroxyl groups is 1. The molecule has 0 fully saturated rings. The molecule has 0 radical (unpaired) electrons. The second kappa shape index (κ2) is 7.74. The Bertz CT molecular complexity index is 490. The Morgan fingerprint density at radius 3 is 2.45 bits per heavy atom. The van der Waals surface area contributed by atoms with Crippen LogP contribution in [0.3, 0.4) is 0 Å². The molecule has 1 unspecified atom stereocenters. The molecular weight excluding hydrogens is 300 g/mol. The van der Waals surface area contributed by atoms with Crippen LogP contribution in [-0.4, -0.2) is 30.0 Å². The Balaban J connectivity index is 2.23. The normalized spacial score (nSPS) is 14.2. The highest BCUT2D eigenvalue weighted by molar-refractivity contribution is 7.08. The van der Waals surface area contributed by atoms with E-state index in [-0.39, 0.29) is 18.4 Å². The average molecular weight is 326 g/mol. The molecule has 0 aliphatic carbocycles. The molecule has 0 saturated carbocycles. The van der Waals surface area contributed by atoms with E-state index in [1.807, 2.05) is 37.6 Å². The van der Waals surface area contributed by atoms with Gasteiger partial charge in [-0.15, -0.1) is 0 Å². The molecule has 0 aromatic carbocycles. The zero-order chi connectivity index (χ0) is 16.8. The number of carbonyl (C=O) groups is 2. The van der Waals surface area contributed by atoms with Crippen LogP contribution in [0.25, 0.3) is 0 Å². The molecule has 5 nitrogen and oxygen atoms in total. The van der Waals surface area contributed by atoms with E-state index < -0.39 is 11.0 Å². The standard InChI is InChI=1S/C16H26N2O3S/c1-15(2,3)14(20)17-8-5-6-13(19)18-11-16(4,21)12-7-9-22-10-12/h7,9-10,21H,5-6,8,11H2,1-4H3,(H,17,20)(H,18,19). The van der Waals surface area contributed by atoms with Gasteiger partial charge in [0.1, 0.15) is 5.60 Å². The van der Waals surface area contributed by atoms with Crippen molar-refractivity contribution in [3.05, 3.63) is 22.4 Å². The van der Waals surface area contributed by atoms with E-state index in [9.17, 15) is 14.7 Å². The Kier molecular flexibility index (Phi) is 6.56. The molecule has 2 amide bonds. The fraction of sp³-hybridized carbons (Fsp3) is 0.625. The lowest BCUT2D eigenvalue weighted by Crippen LogP contribution is -2.39. The molecule has 22 heavy (non-hydrogen) atoms. The molecule has 0 aliphatic rings. The summed E-state index contributed by atoms with van der Waals surface area (Å²) in [5.74, 6) is -0.145. The highest BCUT2D eigenvalue weighted by Crippen LogP contribution is 2.22. The number of hydrogen-bond acceptors (Lipinski definition) is 4. The quantitative estimate of drug-likeness (QED) is 0.671. The number of rotatable bonds is 7. The molecule has 3 N–H and O–H groups in total. The summed E-state index contributed by atoms with van der Waals surface area (Å²) >= 11 is 1.51. The van der Waals surface area contributed by atoms with Crippen molar-refractivity contribution in [3.8, 4) is 0 Å². The van der Waals surface area contributed by atoms with Crippen LogP contribution in [0.4, 0.5) is 0 Å². The lowest BCUT2D eigenvalue weighted by molar-refractivity contribution is -0.128. The minimum Gasteiger partial charge on any atom is -0.384 e. The average Bonchev–Trinajstić information content (AvgIpc) is 2.95. The van der Waals surface area contributed by atoms with E-state index in [1.165, 1.54) is 11.3 Å². The van der Waals surface area contributed by atoms with Gasteiger partial charge in [-0.3, -0.25) is 9.59 Å². The van der Waals surface area contributed by atoms with Crippen molar-refractivity contribution in [3.63, 3.8) is 0 Å². The van der Waals surface area contributed by atoms with E-state index in [2.05, 4.69) is 10.6 Å². The van der Waals surface area contributed by atoms with Crippen LogP contribution in [0.2, 0.25) is 0 Å². The maximum atomic E-state index is 11.8. The Labute approximate surface area is 136 Å². The first-order valence-electron chi connectivity index (χ1n) is 7.43. The van der Waals surface area contributed by atoms with E-state index in [0.29, 0.717) is 19.4 Å². The third-order valence-electron chi connectivity index (χ3n) is 3.32. The second-order valence-electron chi connectivity index (χ2n) is 6.67. The SMILES string of the molecule is CC(C)(C)C(=O)NCCCC(=O)NCC(C)(O)c1ccsc1. The van der Waals surface area contributed by atoms with Gasteiger partial charge in [-0.05, 0) is 35.7 Å². The van der Waals surface area contributed by atoms with Gasteiger partial charge in [0.25, 0.3) is 0 Å². The minimum absolute atomic E-state index is 0.0201. The maximum Gasteiger partial charge on any atom is 0.225 e. The third-order valence-corrected chi connectivity index (χ3v) is 4.00. The fourth-order valence-electron chi connectivity index (χ4n) is 1.75. The van der Waals surface area contributed by atoms with Crippen LogP contribution in [0.15, 0.2) is 16.8 Å². The van der Waals surface area contributed by atoms with E-state index >= 15 is 0 Å². The van der Waals surface area contributed by atoms with Crippen LogP contribution in [0.5, 0.6) is 0 Å². The molecule has 1 atom stereocenters. The highest BCUT2D eigenvalue weighted by Gasteiger charge is 2.24. The lowest BCUT2D eigenvalue weighted by atomic mass is 9.96. The van der Waals surface area contributed by atoms with Gasteiger partial charge in [-0.2, -0.15) is 11.3 Å². The number of thiophene rings is 1. The summed E-state index contributed by atoms with van der Waals surface area (Å²) in [5.41, 5.74) is -0.673. The van der Waals surface area contributed by atoms with Crippen molar-refractivity contribution in [1.29, 1.82) is 0 Å². The Morgan fingerprint density at radius 1 is 1.23 bits per heavy atom. The van der Waals surface area contributed by atoms with E-state index in [4.69, 9.17) is 0 Å². The van der Waals surface area contributed by atoms with Gasteiger partial charge in [0.15, 0.2) is 0 Å². The molecular formula is C16H26N2O3S. The van der Waals surface area contributed by atoms with Crippen LogP contribution in [-0.2, 0) is 15.2 Å². The van der Waals surface area contributed by atoms with Crippen LogP contribution in [0, 0.1) is 5.41 Å². The van der Waals surface area contributed by atoms with Crippen molar-refractivity contribution < 1.29 is 14.7 Å². The summed E-state index contributed by atoms with van der Waals surface area (Å²) in [6, 6.07) is 1.85. The molecule has 1 rings (SSSR count). The molecule has 6 heteroatoms. The topological polar surface area (TPSA) is 78.4 Å². The second-order valence-corrected chi connectivity index (χ2v) is 7.45. The molecule has 0 spiro atoms. The predicted molar refractivity (Wildman–Crippen MR) is 88.6 cm³/mol. The highest BCUT2D eigenvalue weighted by atomic mass is 32.1. The lowest BCUT2D eigenvalue weighted by Gasteiger charge is -2.22. The largest absolute Gasteiger partial charge is 0.384 e. The van der Waals surface area contributed by atoms with Crippen LogP contribution in [0.1, 0.15) is 46.1 Å². The molecule has 0 aliphatic heterocycles. The number of carbonyl (C=O) groups excluding carboxylic acids is 2. The van der Waals surface area contributed by atoms with Gasteiger partial charge in [0.2, 0.25) is 11.8 Å². The van der Waals surface area contributed by atoms with Crippen molar-refractivity contribution in [2.24, 2.45) is 5.41 Å². The van der Waals surface area contributed by atoms with E-state index in [1.54, 1.807) is 6.92 Å². The van der Waals surface area contributed by atoms with Gasteiger partial charge in [-0.1, -0.05) is 20.8 Å². The minimum atomic E-state index is -1.06. The van der Waals surface area contributed by atoms with Crippen molar-refractivity contribution in [2.75, 3.05) is 13.1 Å². The molecule has 1 heterocycles. The summed E-state index contributed by atoms with van der Waals surface area (Å²) in [5, 5.41) is 19.6. The van der Waals surface area contributed by atoms with Crippen molar-refractivity contribution in [2.45, 2.75) is 46.1 Å². The zero-order valence-corrected chi connectivity index (χ0v) is 14.5. The fourth-order valence-corrected chi connectivity index (χ4v) is 2.53. The summed E-state index contributed by atoms with van der Waals surface area (Å²) in [7, 11) is 0. The zero-order valence-electron chi connectivity index (χ0n) is 13.7. The van der Waals surface area contributed by atoms with Gasteiger partial charge in [-0.25, -0.2) is 0 Å². The molecule has 0 bridgehead atoms. The summed E-state index contributed by atoms with van der Waals surface area (Å²) in [4.78, 5) is 23.4. The number of hydrogen-bond donors (Lipinski definition) is 3. The van der Waals surface area contributed by atoms with E-state index in [0.717, 1.165) is 5.56 Å². The first-order chi connectivity index (χ1) is 10.1. The first-order valence-corrected chi connectivity index (χ1v) is 8.37. The Morgan fingerprint density at radius 2 is 1.91 bits per heavy atom. The first kappa shape index (κ1) is 18.6. The van der Waals surface area contributed by atoms with Crippen LogP contribution < -0.4 is 10.6 Å². The van der Waals surface area contributed by atoms with Crippen molar-refractivity contribution in [1.82, 2.24) is 10.6 Å². The summed E-state index contributed by atoms with van der Waals surface area (Å²) < 4.78 is 0. The molecule has 0 saturated heterocycles. The summed E-state index contributed by atoms with van der Waals surface area (Å²) in [6.07, 6.45) is 0.901. The predicted octanol–water partition coefficient (Wildman–Crippen LogP) is 2.01. The molecule has 124 valence electrons. The van der Waals surface area contributed by atoms with Gasteiger partial charge in [0, 0.05) is 18.4 Å². The smallest absolute Gasteiger partial charge is 0.225 e. The molecule has 1 aromatic rings. The van der Waals surface area contributed by atoms with Gasteiger partial charge in [0.05, 0.1) is 6.54 Å². The third kappa shape index (κ3) is 6.15. The maximum absolute atomic E-state index is 11.8. The van der Waals surface area contributed by atoms with Crippen molar-refractivity contribution >= 4 is 23.2 Å². The number of nitrogens with one attached hydrogen (secondary N) is 2. The van der Waals surface area contributed by atoms with Crippen LogP contribution >= 0.6 is 11.3 Å². The van der Waals surface area contributed by atoms with Gasteiger partial charge >= 0.3 is 0 Å².